The Morgan fingerprint density at radius 3 is 2.56 bits per heavy atom. The third kappa shape index (κ3) is 5.08. The zero-order chi connectivity index (χ0) is 7.11. The molecule has 0 heterocycles. The Balaban J connectivity index is 3.71. The lowest BCUT2D eigenvalue weighted by Crippen LogP contribution is -1.81. The van der Waals surface area contributed by atoms with Crippen LogP contribution in [0, 0.1) is 0 Å². The molecule has 0 N–H and O–H groups in total. The molecular formula is C7H10BN. The summed E-state index contributed by atoms with van der Waals surface area (Å²) in [6, 6.07) is 0. The largest absolute Gasteiger partial charge is 0.361 e. The normalized spacial score (nSPS) is 13.8. The van der Waals surface area contributed by atoms with Gasteiger partial charge in [0, 0.05) is 5.71 Å². The number of nitrogens with zero attached hydrogens (tertiary/aromatic N) is 1. The SMILES string of the molecule is [B]N=C(C)/C=C\C=C/C. The third-order valence-electron chi connectivity index (χ3n) is 0.845. The van der Waals surface area contributed by atoms with Gasteiger partial charge in [0.25, 0.3) is 7.98 Å². The highest BCUT2D eigenvalue weighted by Crippen LogP contribution is 1.79. The molecule has 1 nitrogen and oxygen atoms in total. The minimum Gasteiger partial charge on any atom is -0.361 e. The first kappa shape index (κ1) is 8.21. The van der Waals surface area contributed by atoms with Gasteiger partial charge in [0.1, 0.15) is 0 Å². The van der Waals surface area contributed by atoms with E-state index in [9.17, 15) is 0 Å². The molecule has 2 radical (unpaired) electrons. The van der Waals surface area contributed by atoms with Crippen LogP contribution in [0.4, 0.5) is 0 Å². The van der Waals surface area contributed by atoms with E-state index in [2.05, 4.69) is 4.90 Å². The monoisotopic (exact) mass is 119 g/mol. The Hall–Kier alpha value is -0.785. The van der Waals surface area contributed by atoms with Crippen LogP contribution in [0.2, 0.25) is 0 Å². The van der Waals surface area contributed by atoms with E-state index in [0.717, 1.165) is 5.71 Å². The standard InChI is InChI=1S/C7H10BN/c1-3-4-5-6-7(2)9-8/h3-6H,1-2H3/b4-3-,6-5-,9-7?. The topological polar surface area (TPSA) is 12.4 Å². The van der Waals surface area contributed by atoms with Crippen LogP contribution in [-0.4, -0.2) is 13.7 Å². The lowest BCUT2D eigenvalue weighted by molar-refractivity contribution is 1.71. The fourth-order valence-electron chi connectivity index (χ4n) is 0.349. The maximum Gasteiger partial charge on any atom is 0.259 e. The van der Waals surface area contributed by atoms with E-state index < -0.39 is 0 Å². The van der Waals surface area contributed by atoms with Crippen molar-refractivity contribution in [1.82, 2.24) is 0 Å². The summed E-state index contributed by atoms with van der Waals surface area (Å²) in [4.78, 5) is 3.46. The quantitative estimate of drug-likeness (QED) is 0.297. The molecule has 0 aromatic carbocycles. The van der Waals surface area contributed by atoms with Gasteiger partial charge in [0.05, 0.1) is 0 Å². The highest BCUT2D eigenvalue weighted by atomic mass is 14.6. The van der Waals surface area contributed by atoms with Crippen LogP contribution >= 0.6 is 0 Å². The summed E-state index contributed by atoms with van der Waals surface area (Å²) in [6.07, 6.45) is 7.61. The molecule has 0 atom stereocenters. The summed E-state index contributed by atoms with van der Waals surface area (Å²) in [5, 5.41) is 0. The molecule has 0 amide bonds. The van der Waals surface area contributed by atoms with Crippen LogP contribution in [-0.2, 0) is 0 Å². The molecule has 0 aromatic heterocycles. The molecule has 0 saturated heterocycles. The predicted octanol–water partition coefficient (Wildman–Crippen LogP) is 1.66. The zero-order valence-corrected chi connectivity index (χ0v) is 5.83. The molecule has 0 unspecified atom stereocenters. The van der Waals surface area contributed by atoms with Crippen molar-refractivity contribution >= 4 is 13.7 Å². The van der Waals surface area contributed by atoms with Crippen molar-refractivity contribution in [3.8, 4) is 0 Å². The highest BCUT2D eigenvalue weighted by molar-refractivity contribution is 6.14. The molecule has 9 heavy (non-hydrogen) atoms. The molecule has 2 heteroatoms. The van der Waals surface area contributed by atoms with Crippen LogP contribution in [0.5, 0.6) is 0 Å². The van der Waals surface area contributed by atoms with Crippen molar-refractivity contribution in [3.63, 3.8) is 0 Å². The van der Waals surface area contributed by atoms with Gasteiger partial charge in [-0.25, -0.2) is 0 Å². The molecule has 0 aromatic rings. The van der Waals surface area contributed by atoms with E-state index in [4.69, 9.17) is 7.98 Å². The number of rotatable bonds is 2. The number of hydrogen-bond donors (Lipinski definition) is 0. The maximum atomic E-state index is 4.97. The van der Waals surface area contributed by atoms with Crippen LogP contribution < -0.4 is 0 Å². The molecular weight excluding hydrogens is 109 g/mol. The van der Waals surface area contributed by atoms with Crippen molar-refractivity contribution in [3.05, 3.63) is 24.3 Å². The Morgan fingerprint density at radius 2 is 2.11 bits per heavy atom. The van der Waals surface area contributed by atoms with Gasteiger partial charge in [-0.05, 0) is 19.9 Å². The fourth-order valence-corrected chi connectivity index (χ4v) is 0.349. The van der Waals surface area contributed by atoms with Crippen molar-refractivity contribution in [2.45, 2.75) is 13.8 Å². The second-order valence-electron chi connectivity index (χ2n) is 1.66. The molecule has 0 saturated carbocycles. The van der Waals surface area contributed by atoms with Gasteiger partial charge in [0.15, 0.2) is 0 Å². The van der Waals surface area contributed by atoms with E-state index in [1.165, 1.54) is 0 Å². The van der Waals surface area contributed by atoms with Crippen molar-refractivity contribution in [2.75, 3.05) is 0 Å². The Morgan fingerprint density at radius 1 is 1.44 bits per heavy atom. The minimum absolute atomic E-state index is 0.827. The molecule has 46 valence electrons. The second kappa shape index (κ2) is 5.35. The summed E-state index contributed by atoms with van der Waals surface area (Å²) in [5.41, 5.74) is 0.827. The van der Waals surface area contributed by atoms with Gasteiger partial charge in [-0.3, -0.25) is 0 Å². The Bertz CT molecular complexity index is 145. The number of allylic oxidation sites excluding steroid dienone is 4. The minimum atomic E-state index is 0.827. The molecule has 0 spiro atoms. The summed E-state index contributed by atoms with van der Waals surface area (Å²) < 4.78 is 0. The summed E-state index contributed by atoms with van der Waals surface area (Å²) in [5.74, 6) is 0. The van der Waals surface area contributed by atoms with Crippen molar-refractivity contribution < 1.29 is 0 Å². The van der Waals surface area contributed by atoms with E-state index in [0.29, 0.717) is 0 Å². The molecule has 0 rings (SSSR count). The molecule has 0 aliphatic rings. The van der Waals surface area contributed by atoms with Gasteiger partial charge in [-0.1, -0.05) is 18.2 Å². The second-order valence-corrected chi connectivity index (χ2v) is 1.66. The lowest BCUT2D eigenvalue weighted by atomic mass is 10.3. The summed E-state index contributed by atoms with van der Waals surface area (Å²) >= 11 is 0. The van der Waals surface area contributed by atoms with Gasteiger partial charge in [-0.2, -0.15) is 0 Å². The first-order chi connectivity index (χ1) is 4.31. The highest BCUT2D eigenvalue weighted by Gasteiger charge is 1.72. The smallest absolute Gasteiger partial charge is 0.259 e. The van der Waals surface area contributed by atoms with Gasteiger partial charge >= 0.3 is 0 Å². The predicted molar refractivity (Wildman–Crippen MR) is 42.8 cm³/mol. The fraction of sp³-hybridized carbons (Fsp3) is 0.286. The van der Waals surface area contributed by atoms with Gasteiger partial charge in [-0.15, -0.1) is 0 Å². The molecule has 0 bridgehead atoms. The lowest BCUT2D eigenvalue weighted by Gasteiger charge is -1.82. The van der Waals surface area contributed by atoms with E-state index in [1.807, 2.05) is 38.2 Å². The Labute approximate surface area is 57.6 Å². The summed E-state index contributed by atoms with van der Waals surface area (Å²) in [6.45, 7) is 3.80. The van der Waals surface area contributed by atoms with Crippen molar-refractivity contribution in [1.29, 1.82) is 0 Å². The van der Waals surface area contributed by atoms with Gasteiger partial charge in [0.2, 0.25) is 0 Å². The van der Waals surface area contributed by atoms with Crippen LogP contribution in [0.25, 0.3) is 0 Å². The first-order valence-corrected chi connectivity index (χ1v) is 2.85. The van der Waals surface area contributed by atoms with Crippen LogP contribution in [0.3, 0.4) is 0 Å². The summed E-state index contributed by atoms with van der Waals surface area (Å²) in [7, 11) is 4.97. The zero-order valence-electron chi connectivity index (χ0n) is 5.83. The average molecular weight is 119 g/mol. The number of hydrogen-bond acceptors (Lipinski definition) is 1. The van der Waals surface area contributed by atoms with Gasteiger partial charge < -0.3 is 4.90 Å². The first-order valence-electron chi connectivity index (χ1n) is 2.85. The van der Waals surface area contributed by atoms with E-state index in [-0.39, 0.29) is 0 Å². The maximum absolute atomic E-state index is 4.97. The van der Waals surface area contributed by atoms with E-state index in [1.54, 1.807) is 0 Å². The molecule has 0 aliphatic heterocycles. The van der Waals surface area contributed by atoms with Crippen LogP contribution in [0.15, 0.2) is 29.2 Å². The van der Waals surface area contributed by atoms with Crippen LogP contribution in [0.1, 0.15) is 13.8 Å². The molecule has 0 fully saturated rings. The van der Waals surface area contributed by atoms with E-state index >= 15 is 0 Å². The third-order valence-corrected chi connectivity index (χ3v) is 0.845. The molecule has 0 aliphatic carbocycles. The van der Waals surface area contributed by atoms with Crippen molar-refractivity contribution in [2.24, 2.45) is 4.90 Å². The Kier molecular flexibility index (Phi) is 4.89. The average Bonchev–Trinajstić information content (AvgIpc) is 1.89.